The smallest absolute Gasteiger partial charge is 0.263 e. The molecule has 1 atom stereocenters. The number of halogens is 1. The maximum Gasteiger partial charge on any atom is 0.263 e. The van der Waals surface area contributed by atoms with Gasteiger partial charge in [-0.1, -0.05) is 0 Å². The number of hydrogen-bond donors (Lipinski definition) is 1. The number of hydrogen-bond acceptors (Lipinski definition) is 4. The van der Waals surface area contributed by atoms with Crippen LogP contribution >= 0.6 is 22.9 Å². The van der Waals surface area contributed by atoms with E-state index >= 15 is 0 Å². The van der Waals surface area contributed by atoms with Gasteiger partial charge in [-0.05, 0) is 6.92 Å². The van der Waals surface area contributed by atoms with Gasteiger partial charge in [0.1, 0.15) is 4.88 Å². The van der Waals surface area contributed by atoms with Crippen LogP contribution in [0.2, 0.25) is 0 Å². The zero-order valence-corrected chi connectivity index (χ0v) is 10.2. The van der Waals surface area contributed by atoms with Crippen molar-refractivity contribution in [1.82, 2.24) is 10.3 Å². The predicted octanol–water partition coefficient (Wildman–Crippen LogP) is 1.44. The van der Waals surface area contributed by atoms with Gasteiger partial charge in [0.25, 0.3) is 5.91 Å². The fourth-order valence-corrected chi connectivity index (χ4v) is 1.89. The number of thiazole rings is 1. The molecule has 1 aromatic heterocycles. The Bertz CT molecular complexity index is 330. The van der Waals surface area contributed by atoms with Crippen LogP contribution in [0.15, 0.2) is 6.20 Å². The number of carbonyl (C=O) groups is 1. The molecule has 6 heteroatoms. The summed E-state index contributed by atoms with van der Waals surface area (Å²) < 4.78 is 4.85. The van der Waals surface area contributed by atoms with Crippen LogP contribution in [-0.4, -0.2) is 36.5 Å². The van der Waals surface area contributed by atoms with Crippen molar-refractivity contribution in [3.05, 3.63) is 16.1 Å². The van der Waals surface area contributed by atoms with Crippen LogP contribution in [0.4, 0.5) is 0 Å². The van der Waals surface area contributed by atoms with Crippen LogP contribution < -0.4 is 5.32 Å². The van der Waals surface area contributed by atoms with Crippen LogP contribution in [0.1, 0.15) is 14.7 Å². The van der Waals surface area contributed by atoms with Gasteiger partial charge in [-0.25, -0.2) is 4.98 Å². The lowest BCUT2D eigenvalue weighted by Gasteiger charge is -2.08. The van der Waals surface area contributed by atoms with Gasteiger partial charge in [0.15, 0.2) is 0 Å². The molecule has 1 N–H and O–H groups in total. The molecule has 4 nitrogen and oxygen atoms in total. The molecule has 0 bridgehead atoms. The van der Waals surface area contributed by atoms with Crippen molar-refractivity contribution >= 4 is 28.8 Å². The Kier molecular flexibility index (Phi) is 5.01. The van der Waals surface area contributed by atoms with Gasteiger partial charge in [-0.2, -0.15) is 0 Å². The molecule has 1 unspecified atom stereocenters. The molecule has 1 heterocycles. The molecule has 0 fully saturated rings. The van der Waals surface area contributed by atoms with E-state index in [0.717, 1.165) is 5.01 Å². The fourth-order valence-electron chi connectivity index (χ4n) is 0.997. The number of rotatable bonds is 5. The Morgan fingerprint density at radius 1 is 1.80 bits per heavy atom. The van der Waals surface area contributed by atoms with Crippen molar-refractivity contribution in [3.63, 3.8) is 0 Å². The maximum absolute atomic E-state index is 11.5. The topological polar surface area (TPSA) is 51.2 Å². The molecule has 84 valence electrons. The van der Waals surface area contributed by atoms with E-state index in [1.165, 1.54) is 11.3 Å². The summed E-state index contributed by atoms with van der Waals surface area (Å²) in [5.41, 5.74) is 0. The fraction of sp³-hybridized carbons (Fsp3) is 0.556. The summed E-state index contributed by atoms with van der Waals surface area (Å²) in [4.78, 5) is 16.1. The molecular formula is C9H13ClN2O2S. The zero-order chi connectivity index (χ0) is 11.3. The zero-order valence-electron chi connectivity index (χ0n) is 8.62. The SMILES string of the molecule is COCC(Cl)CNC(=O)c1cnc(C)s1. The van der Waals surface area contributed by atoms with E-state index in [-0.39, 0.29) is 11.3 Å². The minimum Gasteiger partial charge on any atom is -0.383 e. The number of aryl methyl sites for hydroxylation is 1. The van der Waals surface area contributed by atoms with Crippen LogP contribution in [-0.2, 0) is 4.74 Å². The second-order valence-electron chi connectivity index (χ2n) is 3.01. The Morgan fingerprint density at radius 3 is 3.07 bits per heavy atom. The summed E-state index contributed by atoms with van der Waals surface area (Å²) in [7, 11) is 1.57. The molecule has 0 radical (unpaired) electrons. The number of carbonyl (C=O) groups excluding carboxylic acids is 1. The first-order valence-electron chi connectivity index (χ1n) is 4.47. The average molecular weight is 249 g/mol. The van der Waals surface area contributed by atoms with Gasteiger partial charge >= 0.3 is 0 Å². The van der Waals surface area contributed by atoms with Gasteiger partial charge in [-0.15, -0.1) is 22.9 Å². The minimum absolute atomic E-state index is 0.137. The lowest BCUT2D eigenvalue weighted by Crippen LogP contribution is -2.31. The van der Waals surface area contributed by atoms with E-state index in [0.29, 0.717) is 18.0 Å². The van der Waals surface area contributed by atoms with Crippen molar-refractivity contribution in [3.8, 4) is 0 Å². The Morgan fingerprint density at radius 2 is 2.53 bits per heavy atom. The maximum atomic E-state index is 11.5. The Hall–Kier alpha value is -0.650. The van der Waals surface area contributed by atoms with Gasteiger partial charge in [-0.3, -0.25) is 4.79 Å². The summed E-state index contributed by atoms with van der Waals surface area (Å²) in [5.74, 6) is -0.137. The van der Waals surface area contributed by atoms with E-state index in [4.69, 9.17) is 16.3 Å². The highest BCUT2D eigenvalue weighted by Crippen LogP contribution is 2.10. The number of nitrogens with one attached hydrogen (secondary N) is 1. The molecule has 15 heavy (non-hydrogen) atoms. The van der Waals surface area contributed by atoms with Crippen molar-refractivity contribution in [2.24, 2.45) is 0 Å². The highest BCUT2D eigenvalue weighted by Gasteiger charge is 2.10. The monoisotopic (exact) mass is 248 g/mol. The molecule has 0 aliphatic carbocycles. The van der Waals surface area contributed by atoms with Crippen molar-refractivity contribution in [2.45, 2.75) is 12.3 Å². The normalized spacial score (nSPS) is 12.5. The third kappa shape index (κ3) is 4.15. The molecule has 0 aliphatic rings. The lowest BCUT2D eigenvalue weighted by molar-refractivity contribution is 0.0953. The molecule has 0 spiro atoms. The van der Waals surface area contributed by atoms with E-state index < -0.39 is 0 Å². The predicted molar refractivity (Wildman–Crippen MR) is 60.7 cm³/mol. The Balaban J connectivity index is 2.36. The van der Waals surface area contributed by atoms with Gasteiger partial charge in [0.2, 0.25) is 0 Å². The summed E-state index contributed by atoms with van der Waals surface area (Å²) in [6.07, 6.45) is 1.56. The molecule has 0 aromatic carbocycles. The van der Waals surface area contributed by atoms with Crippen LogP contribution in [0.5, 0.6) is 0 Å². The summed E-state index contributed by atoms with van der Waals surface area (Å²) >= 11 is 7.23. The van der Waals surface area contributed by atoms with Gasteiger partial charge in [0, 0.05) is 13.7 Å². The summed E-state index contributed by atoms with van der Waals surface area (Å²) in [6.45, 7) is 2.67. The third-order valence-corrected chi connectivity index (χ3v) is 2.87. The average Bonchev–Trinajstić information content (AvgIpc) is 2.62. The summed E-state index contributed by atoms with van der Waals surface area (Å²) in [5, 5.41) is 3.39. The molecule has 0 saturated heterocycles. The van der Waals surface area contributed by atoms with Crippen LogP contribution in [0.3, 0.4) is 0 Å². The van der Waals surface area contributed by atoms with Crippen LogP contribution in [0, 0.1) is 6.92 Å². The standard InChI is InChI=1S/C9H13ClN2O2S/c1-6-11-4-8(15-6)9(13)12-3-7(10)5-14-2/h4,7H,3,5H2,1-2H3,(H,12,13). The number of alkyl halides is 1. The van der Waals surface area contributed by atoms with E-state index in [1.807, 2.05) is 6.92 Å². The number of aromatic nitrogens is 1. The van der Waals surface area contributed by atoms with E-state index in [9.17, 15) is 4.79 Å². The molecular weight excluding hydrogens is 236 g/mol. The lowest BCUT2D eigenvalue weighted by atomic mass is 10.4. The minimum atomic E-state index is -0.201. The van der Waals surface area contributed by atoms with E-state index in [2.05, 4.69) is 10.3 Å². The number of amides is 1. The first kappa shape index (κ1) is 12.4. The first-order valence-corrected chi connectivity index (χ1v) is 5.72. The largest absolute Gasteiger partial charge is 0.383 e. The highest BCUT2D eigenvalue weighted by molar-refractivity contribution is 7.13. The van der Waals surface area contributed by atoms with Gasteiger partial charge < -0.3 is 10.1 Å². The van der Waals surface area contributed by atoms with Crippen LogP contribution in [0.25, 0.3) is 0 Å². The molecule has 1 aromatic rings. The number of methoxy groups -OCH3 is 1. The molecule has 0 saturated carbocycles. The second kappa shape index (κ2) is 6.05. The second-order valence-corrected chi connectivity index (χ2v) is 4.86. The third-order valence-electron chi connectivity index (χ3n) is 1.68. The summed E-state index contributed by atoms with van der Waals surface area (Å²) in [6, 6.07) is 0. The highest BCUT2D eigenvalue weighted by atomic mass is 35.5. The van der Waals surface area contributed by atoms with Crippen molar-refractivity contribution in [2.75, 3.05) is 20.3 Å². The number of nitrogens with zero attached hydrogens (tertiary/aromatic N) is 1. The molecule has 1 rings (SSSR count). The van der Waals surface area contributed by atoms with Crippen molar-refractivity contribution < 1.29 is 9.53 Å². The van der Waals surface area contributed by atoms with E-state index in [1.54, 1.807) is 13.3 Å². The van der Waals surface area contributed by atoms with Crippen molar-refractivity contribution in [1.29, 1.82) is 0 Å². The first-order chi connectivity index (χ1) is 7.13. The van der Waals surface area contributed by atoms with Gasteiger partial charge in [0.05, 0.1) is 23.2 Å². The quantitative estimate of drug-likeness (QED) is 0.803. The molecule has 0 aliphatic heterocycles. The number of ether oxygens (including phenoxy) is 1. The Labute approximate surface area is 97.6 Å². The molecule has 1 amide bonds.